The zero-order chi connectivity index (χ0) is 19.3. The molecule has 27 heavy (non-hydrogen) atoms. The van der Waals surface area contributed by atoms with Crippen molar-refractivity contribution >= 4 is 16.0 Å². The molecule has 144 valence electrons. The van der Waals surface area contributed by atoms with Crippen LogP contribution in [0, 0.1) is 0 Å². The van der Waals surface area contributed by atoms with Gasteiger partial charge in [-0.2, -0.15) is 4.31 Å². The van der Waals surface area contributed by atoms with Crippen LogP contribution in [0.4, 0.5) is 0 Å². The van der Waals surface area contributed by atoms with E-state index in [1.165, 1.54) is 4.31 Å². The highest BCUT2D eigenvalue weighted by atomic mass is 32.2. The van der Waals surface area contributed by atoms with Gasteiger partial charge in [-0.1, -0.05) is 48.5 Å². The lowest BCUT2D eigenvalue weighted by molar-refractivity contribution is -0.137. The number of carbonyl (C=O) groups is 1. The van der Waals surface area contributed by atoms with Crippen molar-refractivity contribution in [3.05, 3.63) is 66.2 Å². The minimum atomic E-state index is -3.49. The summed E-state index contributed by atoms with van der Waals surface area (Å²) in [5.74, 6) is -0.818. The molecule has 0 radical (unpaired) electrons. The number of rotatable bonds is 7. The highest BCUT2D eigenvalue weighted by Gasteiger charge is 2.31. The molecule has 1 fully saturated rings. The maximum atomic E-state index is 12.8. The highest BCUT2D eigenvalue weighted by Crippen LogP contribution is 2.28. The third-order valence-corrected chi connectivity index (χ3v) is 6.82. The Morgan fingerprint density at radius 1 is 0.926 bits per heavy atom. The standard InChI is InChI=1S/C20H24N2O4S/c23-20(24)12-11-19(17-7-3-1-4-8-17)21-13-15-22(16-14-21)27(25,26)18-9-5-2-6-10-18/h1-10,19H,11-16H2,(H,23,24)/t19-/m0/s1. The number of hydrogen-bond acceptors (Lipinski definition) is 4. The molecule has 2 aromatic rings. The van der Waals surface area contributed by atoms with Gasteiger partial charge in [-0.15, -0.1) is 0 Å². The molecule has 1 aliphatic heterocycles. The molecule has 0 unspecified atom stereocenters. The Hall–Kier alpha value is -2.22. The van der Waals surface area contributed by atoms with Gasteiger partial charge in [0.05, 0.1) is 4.90 Å². The Morgan fingerprint density at radius 3 is 2.04 bits per heavy atom. The van der Waals surface area contributed by atoms with E-state index < -0.39 is 16.0 Å². The van der Waals surface area contributed by atoms with Crippen molar-refractivity contribution in [1.82, 2.24) is 9.21 Å². The van der Waals surface area contributed by atoms with E-state index >= 15 is 0 Å². The van der Waals surface area contributed by atoms with Crippen LogP contribution in [0.15, 0.2) is 65.6 Å². The molecule has 0 bridgehead atoms. The topological polar surface area (TPSA) is 77.9 Å². The van der Waals surface area contributed by atoms with Crippen LogP contribution in [0.1, 0.15) is 24.4 Å². The van der Waals surface area contributed by atoms with Gasteiger partial charge in [0.1, 0.15) is 0 Å². The molecule has 3 rings (SSSR count). The van der Waals surface area contributed by atoms with Crippen LogP contribution in [-0.4, -0.2) is 54.9 Å². The molecule has 0 amide bonds. The van der Waals surface area contributed by atoms with Gasteiger partial charge in [-0.05, 0) is 24.1 Å². The molecule has 1 atom stereocenters. The minimum Gasteiger partial charge on any atom is -0.481 e. The zero-order valence-corrected chi connectivity index (χ0v) is 15.9. The van der Waals surface area contributed by atoms with Crippen LogP contribution in [0.25, 0.3) is 0 Å². The molecule has 2 aromatic carbocycles. The van der Waals surface area contributed by atoms with Gasteiger partial charge in [0.25, 0.3) is 0 Å². The Balaban J connectivity index is 1.71. The number of nitrogens with zero attached hydrogens (tertiary/aromatic N) is 2. The van der Waals surface area contributed by atoms with E-state index in [1.54, 1.807) is 30.3 Å². The monoisotopic (exact) mass is 388 g/mol. The van der Waals surface area contributed by atoms with E-state index in [0.717, 1.165) is 5.56 Å². The lowest BCUT2D eigenvalue weighted by atomic mass is 9.99. The molecule has 1 aliphatic rings. The third kappa shape index (κ3) is 4.74. The first-order valence-corrected chi connectivity index (χ1v) is 10.5. The van der Waals surface area contributed by atoms with Crippen molar-refractivity contribution < 1.29 is 18.3 Å². The van der Waals surface area contributed by atoms with Gasteiger partial charge in [0.2, 0.25) is 10.0 Å². The van der Waals surface area contributed by atoms with Crippen molar-refractivity contribution in [2.75, 3.05) is 26.2 Å². The molecule has 1 saturated heterocycles. The van der Waals surface area contributed by atoms with E-state index in [4.69, 9.17) is 5.11 Å². The fraction of sp³-hybridized carbons (Fsp3) is 0.350. The van der Waals surface area contributed by atoms with Gasteiger partial charge < -0.3 is 5.11 Å². The Labute approximate surface area is 160 Å². The lowest BCUT2D eigenvalue weighted by Gasteiger charge is -2.39. The van der Waals surface area contributed by atoms with Crippen molar-refractivity contribution in [1.29, 1.82) is 0 Å². The summed E-state index contributed by atoms with van der Waals surface area (Å²) in [6, 6.07) is 18.3. The van der Waals surface area contributed by atoms with Crippen LogP contribution in [0.3, 0.4) is 0 Å². The highest BCUT2D eigenvalue weighted by molar-refractivity contribution is 7.89. The summed E-state index contributed by atoms with van der Waals surface area (Å²) in [5, 5.41) is 9.08. The average Bonchev–Trinajstić information content (AvgIpc) is 2.70. The van der Waals surface area contributed by atoms with Crippen LogP contribution in [0.5, 0.6) is 0 Å². The van der Waals surface area contributed by atoms with Gasteiger partial charge >= 0.3 is 5.97 Å². The predicted octanol–water partition coefficient (Wildman–Crippen LogP) is 2.60. The summed E-state index contributed by atoms with van der Waals surface area (Å²) in [5.41, 5.74) is 1.07. The van der Waals surface area contributed by atoms with Crippen molar-refractivity contribution in [2.45, 2.75) is 23.8 Å². The molecule has 1 heterocycles. The fourth-order valence-corrected chi connectivity index (χ4v) is 4.94. The number of sulfonamides is 1. The number of piperazine rings is 1. The van der Waals surface area contributed by atoms with Crippen molar-refractivity contribution in [3.63, 3.8) is 0 Å². The fourth-order valence-electron chi connectivity index (χ4n) is 3.49. The molecule has 0 spiro atoms. The number of hydrogen-bond donors (Lipinski definition) is 1. The number of carboxylic acid groups (broad SMARTS) is 1. The minimum absolute atomic E-state index is 0.0242. The van der Waals surface area contributed by atoms with Crippen molar-refractivity contribution in [2.24, 2.45) is 0 Å². The third-order valence-electron chi connectivity index (χ3n) is 4.91. The predicted molar refractivity (Wildman–Crippen MR) is 103 cm³/mol. The van der Waals surface area contributed by atoms with Crippen LogP contribution in [0.2, 0.25) is 0 Å². The van der Waals surface area contributed by atoms with E-state index in [1.807, 2.05) is 30.3 Å². The maximum Gasteiger partial charge on any atom is 0.303 e. The van der Waals surface area contributed by atoms with Crippen LogP contribution in [-0.2, 0) is 14.8 Å². The Kier molecular flexibility index (Phi) is 6.26. The summed E-state index contributed by atoms with van der Waals surface area (Å²) >= 11 is 0. The Morgan fingerprint density at radius 2 is 1.48 bits per heavy atom. The SMILES string of the molecule is O=C(O)CC[C@@H](c1ccccc1)N1CCN(S(=O)(=O)c2ccccc2)CC1. The molecule has 0 aliphatic carbocycles. The van der Waals surface area contributed by atoms with Crippen LogP contribution < -0.4 is 0 Å². The summed E-state index contributed by atoms with van der Waals surface area (Å²) in [6.45, 7) is 1.94. The second kappa shape index (κ2) is 8.65. The molecular formula is C20H24N2O4S. The van der Waals surface area contributed by atoms with E-state index in [2.05, 4.69) is 4.90 Å². The first kappa shape index (κ1) is 19.5. The average molecular weight is 388 g/mol. The lowest BCUT2D eigenvalue weighted by Crippen LogP contribution is -2.49. The summed E-state index contributed by atoms with van der Waals surface area (Å²) in [4.78, 5) is 13.6. The zero-order valence-electron chi connectivity index (χ0n) is 15.1. The number of carboxylic acids is 1. The summed E-state index contributed by atoms with van der Waals surface area (Å²) < 4.78 is 27.1. The van der Waals surface area contributed by atoms with Crippen LogP contribution >= 0.6 is 0 Å². The van der Waals surface area contributed by atoms with E-state index in [0.29, 0.717) is 37.5 Å². The summed E-state index contributed by atoms with van der Waals surface area (Å²) in [6.07, 6.45) is 0.590. The van der Waals surface area contributed by atoms with Gasteiger partial charge in [0.15, 0.2) is 0 Å². The largest absolute Gasteiger partial charge is 0.481 e. The maximum absolute atomic E-state index is 12.8. The smallest absolute Gasteiger partial charge is 0.303 e. The first-order valence-electron chi connectivity index (χ1n) is 9.04. The van der Waals surface area contributed by atoms with Gasteiger partial charge in [0, 0.05) is 38.6 Å². The summed E-state index contributed by atoms with van der Waals surface area (Å²) in [7, 11) is -3.49. The van der Waals surface area contributed by atoms with Gasteiger partial charge in [-0.3, -0.25) is 9.69 Å². The number of benzene rings is 2. The molecule has 6 nitrogen and oxygen atoms in total. The molecule has 0 aromatic heterocycles. The normalized spacial score (nSPS) is 17.5. The second-order valence-corrected chi connectivity index (χ2v) is 8.55. The van der Waals surface area contributed by atoms with Crippen molar-refractivity contribution in [3.8, 4) is 0 Å². The molecule has 7 heteroatoms. The number of aliphatic carboxylic acids is 1. The first-order chi connectivity index (χ1) is 13.0. The van der Waals surface area contributed by atoms with E-state index in [9.17, 15) is 13.2 Å². The van der Waals surface area contributed by atoms with E-state index in [-0.39, 0.29) is 12.5 Å². The molecule has 0 saturated carbocycles. The molecular weight excluding hydrogens is 364 g/mol. The van der Waals surface area contributed by atoms with Gasteiger partial charge in [-0.25, -0.2) is 8.42 Å². The second-order valence-electron chi connectivity index (χ2n) is 6.61. The quantitative estimate of drug-likeness (QED) is 0.789. The Bertz CT molecular complexity index is 848. The molecule has 1 N–H and O–H groups in total.